The highest BCUT2D eigenvalue weighted by molar-refractivity contribution is 5.03. The molecule has 1 aliphatic rings. The fourth-order valence-corrected chi connectivity index (χ4v) is 2.76. The van der Waals surface area contributed by atoms with Gasteiger partial charge in [-0.1, -0.05) is 26.7 Å². The largest absolute Gasteiger partial charge is 0.378 e. The van der Waals surface area contributed by atoms with Gasteiger partial charge < -0.3 is 4.74 Å². The first kappa shape index (κ1) is 15.5. The molecule has 0 radical (unpaired) electrons. The van der Waals surface area contributed by atoms with Gasteiger partial charge in [0.05, 0.1) is 12.2 Å². The normalized spacial score (nSPS) is 27.4. The van der Waals surface area contributed by atoms with Crippen LogP contribution in [0.3, 0.4) is 0 Å². The van der Waals surface area contributed by atoms with Crippen LogP contribution in [0.1, 0.15) is 59.3 Å². The van der Waals surface area contributed by atoms with Crippen molar-refractivity contribution in [3.63, 3.8) is 0 Å². The molecule has 1 fully saturated rings. The van der Waals surface area contributed by atoms with E-state index in [0.29, 0.717) is 12.0 Å². The van der Waals surface area contributed by atoms with Crippen molar-refractivity contribution in [3.8, 4) is 6.07 Å². The van der Waals surface area contributed by atoms with Crippen molar-refractivity contribution in [2.45, 2.75) is 70.9 Å². The Balaban J connectivity index is 2.19. The van der Waals surface area contributed by atoms with E-state index in [9.17, 15) is 0 Å². The molecule has 1 saturated carbocycles. The quantitative estimate of drug-likeness (QED) is 0.707. The third kappa shape index (κ3) is 4.96. The van der Waals surface area contributed by atoms with Gasteiger partial charge in [-0.25, -0.2) is 0 Å². The number of ether oxygens (including phenoxy) is 1. The molecule has 3 nitrogen and oxygen atoms in total. The third-order valence-corrected chi connectivity index (χ3v) is 4.00. The topological polar surface area (TPSA) is 45.0 Å². The number of nitrogens with one attached hydrogen (secondary N) is 1. The van der Waals surface area contributed by atoms with Gasteiger partial charge >= 0.3 is 0 Å². The standard InChI is InChI=1S/C15H28N2O/c1-4-17-15(3,12-16)10-7-11-18-14-9-6-5-8-13(14)2/h13-14,17H,4-11H2,1-3H3. The molecule has 0 aromatic carbocycles. The molecule has 104 valence electrons. The maximum absolute atomic E-state index is 9.15. The molecule has 1 N–H and O–H groups in total. The average molecular weight is 252 g/mol. The SMILES string of the molecule is CCNC(C)(C#N)CCCOC1CCCCC1C. The molecule has 0 bridgehead atoms. The van der Waals surface area contributed by atoms with Gasteiger partial charge in [-0.3, -0.25) is 5.32 Å². The number of nitriles is 1. The van der Waals surface area contributed by atoms with E-state index >= 15 is 0 Å². The molecule has 0 amide bonds. The Morgan fingerprint density at radius 2 is 2.11 bits per heavy atom. The monoisotopic (exact) mass is 252 g/mol. The molecule has 1 aliphatic carbocycles. The van der Waals surface area contributed by atoms with E-state index in [0.717, 1.165) is 26.0 Å². The second-order valence-electron chi connectivity index (χ2n) is 5.75. The molecule has 0 heterocycles. The summed E-state index contributed by atoms with van der Waals surface area (Å²) in [5, 5.41) is 12.4. The highest BCUT2D eigenvalue weighted by atomic mass is 16.5. The lowest BCUT2D eigenvalue weighted by molar-refractivity contribution is -0.00761. The highest BCUT2D eigenvalue weighted by Crippen LogP contribution is 2.26. The summed E-state index contributed by atoms with van der Waals surface area (Å²) in [5.41, 5.74) is -0.393. The first-order chi connectivity index (χ1) is 8.61. The second-order valence-corrected chi connectivity index (χ2v) is 5.75. The second kappa shape index (κ2) is 7.76. The van der Waals surface area contributed by atoms with Crippen LogP contribution in [0.5, 0.6) is 0 Å². The summed E-state index contributed by atoms with van der Waals surface area (Å²) in [6.45, 7) is 7.93. The van der Waals surface area contributed by atoms with E-state index in [4.69, 9.17) is 10.00 Å². The van der Waals surface area contributed by atoms with E-state index in [1.807, 2.05) is 13.8 Å². The van der Waals surface area contributed by atoms with Gasteiger partial charge in [0, 0.05) is 6.61 Å². The predicted molar refractivity (Wildman–Crippen MR) is 74.3 cm³/mol. The van der Waals surface area contributed by atoms with Crippen LogP contribution < -0.4 is 5.32 Å². The van der Waals surface area contributed by atoms with Crippen molar-refractivity contribution in [3.05, 3.63) is 0 Å². The van der Waals surface area contributed by atoms with E-state index < -0.39 is 5.54 Å². The van der Waals surface area contributed by atoms with Gasteiger partial charge in [0.2, 0.25) is 0 Å². The summed E-state index contributed by atoms with van der Waals surface area (Å²) in [7, 11) is 0. The van der Waals surface area contributed by atoms with E-state index in [-0.39, 0.29) is 0 Å². The molecule has 3 unspecified atom stereocenters. The van der Waals surface area contributed by atoms with E-state index in [1.165, 1.54) is 25.7 Å². The Morgan fingerprint density at radius 1 is 1.39 bits per heavy atom. The molecule has 3 atom stereocenters. The minimum Gasteiger partial charge on any atom is -0.378 e. The zero-order valence-corrected chi connectivity index (χ0v) is 12.2. The van der Waals surface area contributed by atoms with Crippen LogP contribution in [-0.4, -0.2) is 24.8 Å². The molecule has 0 aliphatic heterocycles. The van der Waals surface area contributed by atoms with Crippen LogP contribution in [-0.2, 0) is 4.74 Å². The Bertz CT molecular complexity index is 274. The van der Waals surface area contributed by atoms with Crippen LogP contribution in [0, 0.1) is 17.2 Å². The fraction of sp³-hybridized carbons (Fsp3) is 0.933. The lowest BCUT2D eigenvalue weighted by atomic mass is 9.88. The zero-order valence-electron chi connectivity index (χ0n) is 12.2. The van der Waals surface area contributed by atoms with Gasteiger partial charge in [-0.15, -0.1) is 0 Å². The summed E-state index contributed by atoms with van der Waals surface area (Å²) in [5.74, 6) is 0.704. The highest BCUT2D eigenvalue weighted by Gasteiger charge is 2.24. The molecular formula is C15H28N2O. The Labute approximate surface area is 112 Å². The first-order valence-corrected chi connectivity index (χ1v) is 7.39. The summed E-state index contributed by atoms with van der Waals surface area (Å²) in [4.78, 5) is 0. The van der Waals surface area contributed by atoms with Crippen LogP contribution in [0.15, 0.2) is 0 Å². The van der Waals surface area contributed by atoms with Crippen LogP contribution in [0.25, 0.3) is 0 Å². The molecule has 3 heteroatoms. The molecule has 0 aromatic rings. The van der Waals surface area contributed by atoms with Crippen LogP contribution in [0.4, 0.5) is 0 Å². The Hall–Kier alpha value is -0.590. The number of nitrogens with zero attached hydrogens (tertiary/aromatic N) is 1. The molecule has 0 saturated heterocycles. The van der Waals surface area contributed by atoms with Gasteiger partial charge in [-0.2, -0.15) is 5.26 Å². The molecule has 1 rings (SSSR count). The maximum Gasteiger partial charge on any atom is 0.104 e. The predicted octanol–water partition coefficient (Wildman–Crippen LogP) is 3.25. The number of hydrogen-bond acceptors (Lipinski definition) is 3. The van der Waals surface area contributed by atoms with Gasteiger partial charge in [0.15, 0.2) is 0 Å². The minimum atomic E-state index is -0.393. The lowest BCUT2D eigenvalue weighted by Crippen LogP contribution is -2.41. The summed E-state index contributed by atoms with van der Waals surface area (Å²) >= 11 is 0. The van der Waals surface area contributed by atoms with Crippen LogP contribution >= 0.6 is 0 Å². The maximum atomic E-state index is 9.15. The van der Waals surface area contributed by atoms with Crippen LogP contribution in [0.2, 0.25) is 0 Å². The van der Waals surface area contributed by atoms with Crippen molar-refractivity contribution in [2.75, 3.05) is 13.2 Å². The smallest absolute Gasteiger partial charge is 0.104 e. The molecule has 0 aromatic heterocycles. The summed E-state index contributed by atoms with van der Waals surface area (Å²) in [6, 6.07) is 2.36. The zero-order chi connectivity index (χ0) is 13.4. The summed E-state index contributed by atoms with van der Waals surface area (Å²) < 4.78 is 5.98. The fourth-order valence-electron chi connectivity index (χ4n) is 2.76. The first-order valence-electron chi connectivity index (χ1n) is 7.39. The van der Waals surface area contributed by atoms with E-state index in [2.05, 4.69) is 18.3 Å². The third-order valence-electron chi connectivity index (χ3n) is 4.00. The van der Waals surface area contributed by atoms with Crippen molar-refractivity contribution in [1.29, 1.82) is 5.26 Å². The summed E-state index contributed by atoms with van der Waals surface area (Å²) in [6.07, 6.45) is 7.45. The van der Waals surface area contributed by atoms with Crippen molar-refractivity contribution in [1.82, 2.24) is 5.32 Å². The Kier molecular flexibility index (Phi) is 6.67. The number of rotatable bonds is 7. The molecule has 0 spiro atoms. The van der Waals surface area contributed by atoms with Gasteiger partial charge in [-0.05, 0) is 45.1 Å². The average Bonchev–Trinajstić information content (AvgIpc) is 2.37. The van der Waals surface area contributed by atoms with Gasteiger partial charge in [0.25, 0.3) is 0 Å². The van der Waals surface area contributed by atoms with Crippen molar-refractivity contribution in [2.24, 2.45) is 5.92 Å². The molecule has 18 heavy (non-hydrogen) atoms. The van der Waals surface area contributed by atoms with Crippen molar-refractivity contribution < 1.29 is 4.74 Å². The van der Waals surface area contributed by atoms with Crippen molar-refractivity contribution >= 4 is 0 Å². The Morgan fingerprint density at radius 3 is 2.72 bits per heavy atom. The molecular weight excluding hydrogens is 224 g/mol. The van der Waals surface area contributed by atoms with E-state index in [1.54, 1.807) is 0 Å². The minimum absolute atomic E-state index is 0.393. The lowest BCUT2D eigenvalue weighted by Gasteiger charge is -2.29. The van der Waals surface area contributed by atoms with Gasteiger partial charge in [0.1, 0.15) is 5.54 Å². The number of hydrogen-bond donors (Lipinski definition) is 1.